The number of carbonyl (C=O) groups excluding carboxylic acids is 1. The third-order valence-electron chi connectivity index (χ3n) is 4.70. The molecule has 32 heavy (non-hydrogen) atoms. The Morgan fingerprint density at radius 2 is 1.78 bits per heavy atom. The summed E-state index contributed by atoms with van der Waals surface area (Å²) in [6.07, 6.45) is -3.30. The minimum absolute atomic E-state index is 0.252. The number of nitrogens with zero attached hydrogens (tertiary/aromatic N) is 2. The number of hydrogen-bond acceptors (Lipinski definition) is 7. The van der Waals surface area contributed by atoms with Crippen LogP contribution < -0.4 is 14.8 Å². The molecule has 1 aliphatic heterocycles. The highest BCUT2D eigenvalue weighted by Crippen LogP contribution is 2.34. The van der Waals surface area contributed by atoms with Crippen LogP contribution in [-0.4, -0.2) is 36.0 Å². The van der Waals surface area contributed by atoms with Gasteiger partial charge in [-0.25, -0.2) is 9.78 Å². The molecule has 0 aliphatic carbocycles. The first-order valence-electron chi connectivity index (χ1n) is 9.68. The number of halogens is 3. The second-order valence-electron chi connectivity index (χ2n) is 6.90. The van der Waals surface area contributed by atoms with E-state index >= 15 is 0 Å². The Labute approximate surface area is 181 Å². The summed E-state index contributed by atoms with van der Waals surface area (Å²) >= 11 is 0. The number of benzene rings is 2. The molecule has 2 heterocycles. The molecule has 0 amide bonds. The summed E-state index contributed by atoms with van der Waals surface area (Å²) in [6.45, 7) is 0.509. The molecule has 1 aromatic heterocycles. The summed E-state index contributed by atoms with van der Waals surface area (Å²) in [6, 6.07) is 12.0. The van der Waals surface area contributed by atoms with E-state index in [9.17, 15) is 18.0 Å². The zero-order valence-electron chi connectivity index (χ0n) is 16.9. The minimum Gasteiger partial charge on any atom is -0.477 e. The number of esters is 1. The highest BCUT2D eigenvalue weighted by molar-refractivity contribution is 5.89. The summed E-state index contributed by atoms with van der Waals surface area (Å²) in [4.78, 5) is 20.6. The Balaban J connectivity index is 1.64. The predicted molar refractivity (Wildman–Crippen MR) is 109 cm³/mol. The van der Waals surface area contributed by atoms with Crippen molar-refractivity contribution in [1.82, 2.24) is 9.97 Å². The van der Waals surface area contributed by atoms with Crippen molar-refractivity contribution in [1.29, 1.82) is 0 Å². The maximum atomic E-state index is 12.4. The largest absolute Gasteiger partial charge is 0.573 e. The molecule has 0 unspecified atom stereocenters. The van der Waals surface area contributed by atoms with E-state index in [-0.39, 0.29) is 11.7 Å². The number of nitrogens with one attached hydrogen (secondary N) is 1. The van der Waals surface area contributed by atoms with Gasteiger partial charge in [0.05, 0.1) is 25.0 Å². The van der Waals surface area contributed by atoms with Crippen LogP contribution >= 0.6 is 0 Å². The second-order valence-corrected chi connectivity index (χ2v) is 6.90. The number of carbonyl (C=O) groups is 1. The first-order chi connectivity index (χ1) is 15.3. The molecule has 0 fully saturated rings. The SMILES string of the molecule is COC(=O)c1ccc(Nc2nc3c(c(-c4ccc(OC(F)(F)F)cc4)n2)CCCO3)cc1. The average Bonchev–Trinajstić information content (AvgIpc) is 2.78. The summed E-state index contributed by atoms with van der Waals surface area (Å²) < 4.78 is 51.7. The average molecular weight is 445 g/mol. The highest BCUT2D eigenvalue weighted by Gasteiger charge is 2.31. The number of hydrogen-bond donors (Lipinski definition) is 1. The molecule has 1 N–H and O–H groups in total. The molecule has 0 bridgehead atoms. The Morgan fingerprint density at radius 3 is 2.44 bits per heavy atom. The molecular weight excluding hydrogens is 427 g/mol. The Bertz CT molecular complexity index is 1120. The van der Waals surface area contributed by atoms with Gasteiger partial charge in [-0.3, -0.25) is 0 Å². The number of aromatic nitrogens is 2. The molecule has 0 radical (unpaired) electrons. The maximum absolute atomic E-state index is 12.4. The molecule has 2 aromatic carbocycles. The lowest BCUT2D eigenvalue weighted by Gasteiger charge is -2.20. The maximum Gasteiger partial charge on any atom is 0.573 e. The van der Waals surface area contributed by atoms with E-state index in [1.54, 1.807) is 24.3 Å². The molecular formula is C22H18F3N3O4. The third kappa shape index (κ3) is 4.90. The van der Waals surface area contributed by atoms with Gasteiger partial charge in [0.1, 0.15) is 5.75 Å². The van der Waals surface area contributed by atoms with Gasteiger partial charge in [-0.1, -0.05) is 0 Å². The third-order valence-corrected chi connectivity index (χ3v) is 4.70. The van der Waals surface area contributed by atoms with E-state index in [0.29, 0.717) is 41.4 Å². The lowest BCUT2D eigenvalue weighted by Crippen LogP contribution is -2.17. The normalized spacial score (nSPS) is 13.0. The van der Waals surface area contributed by atoms with Crippen LogP contribution in [0.5, 0.6) is 11.6 Å². The number of rotatable bonds is 5. The van der Waals surface area contributed by atoms with Crippen molar-refractivity contribution in [3.05, 3.63) is 59.7 Å². The van der Waals surface area contributed by atoms with Crippen molar-refractivity contribution in [2.24, 2.45) is 0 Å². The fraction of sp³-hybridized carbons (Fsp3) is 0.227. The van der Waals surface area contributed by atoms with Crippen LogP contribution in [-0.2, 0) is 11.2 Å². The number of alkyl halides is 3. The molecule has 166 valence electrons. The predicted octanol–water partition coefficient (Wildman–Crippen LogP) is 4.90. The standard InChI is InChI=1S/C22H18F3N3O4/c1-30-20(29)14-4-8-15(9-5-14)26-21-27-18(17-3-2-12-31-19(17)28-21)13-6-10-16(11-7-13)32-22(23,24)25/h4-11H,2-3,12H2,1H3,(H,26,27,28). The Hall–Kier alpha value is -3.82. The minimum atomic E-state index is -4.76. The van der Waals surface area contributed by atoms with Crippen molar-refractivity contribution < 1.29 is 32.2 Å². The fourth-order valence-electron chi connectivity index (χ4n) is 3.27. The van der Waals surface area contributed by atoms with Gasteiger partial charge in [-0.2, -0.15) is 4.98 Å². The van der Waals surface area contributed by atoms with Crippen molar-refractivity contribution >= 4 is 17.6 Å². The fourth-order valence-corrected chi connectivity index (χ4v) is 3.27. The quantitative estimate of drug-likeness (QED) is 0.560. The van der Waals surface area contributed by atoms with Crippen LogP contribution in [0.4, 0.5) is 24.8 Å². The summed E-state index contributed by atoms with van der Waals surface area (Å²) in [5.41, 5.74) is 2.98. The molecule has 4 rings (SSSR count). The summed E-state index contributed by atoms with van der Waals surface area (Å²) in [5.74, 6) is -0.0904. The van der Waals surface area contributed by atoms with Crippen LogP contribution in [0.15, 0.2) is 48.5 Å². The Kier molecular flexibility index (Phi) is 5.85. The molecule has 0 spiro atoms. The van der Waals surface area contributed by atoms with Gasteiger partial charge < -0.3 is 19.5 Å². The smallest absolute Gasteiger partial charge is 0.477 e. The van der Waals surface area contributed by atoms with Crippen LogP contribution in [0.1, 0.15) is 22.3 Å². The Morgan fingerprint density at radius 1 is 1.06 bits per heavy atom. The van der Waals surface area contributed by atoms with Crippen molar-refractivity contribution in [3.63, 3.8) is 0 Å². The number of anilines is 2. The van der Waals surface area contributed by atoms with Crippen LogP contribution in [0, 0.1) is 0 Å². The van der Waals surface area contributed by atoms with Gasteiger partial charge in [0.25, 0.3) is 0 Å². The lowest BCUT2D eigenvalue weighted by atomic mass is 10.0. The first kappa shape index (κ1) is 21.4. The monoisotopic (exact) mass is 445 g/mol. The second kappa shape index (κ2) is 8.74. The van der Waals surface area contributed by atoms with Crippen molar-refractivity contribution in [2.45, 2.75) is 19.2 Å². The van der Waals surface area contributed by atoms with Gasteiger partial charge in [-0.15, -0.1) is 13.2 Å². The van der Waals surface area contributed by atoms with E-state index in [1.165, 1.54) is 31.4 Å². The van der Waals surface area contributed by atoms with Crippen molar-refractivity contribution in [2.75, 3.05) is 19.0 Å². The molecule has 0 saturated carbocycles. The molecule has 1 aliphatic rings. The summed E-state index contributed by atoms with van der Waals surface area (Å²) in [5, 5.41) is 3.06. The van der Waals surface area contributed by atoms with Crippen LogP contribution in [0.3, 0.4) is 0 Å². The molecule has 7 nitrogen and oxygen atoms in total. The number of methoxy groups -OCH3 is 1. The van der Waals surface area contributed by atoms with E-state index in [1.807, 2.05) is 0 Å². The van der Waals surface area contributed by atoms with Gasteiger partial charge in [-0.05, 0) is 61.4 Å². The zero-order valence-corrected chi connectivity index (χ0v) is 16.9. The van der Waals surface area contributed by atoms with Crippen molar-refractivity contribution in [3.8, 4) is 22.9 Å². The first-order valence-corrected chi connectivity index (χ1v) is 9.68. The van der Waals surface area contributed by atoms with Crippen LogP contribution in [0.2, 0.25) is 0 Å². The molecule has 3 aromatic rings. The van der Waals surface area contributed by atoms with Gasteiger partial charge in [0, 0.05) is 16.8 Å². The number of fused-ring (bicyclic) bond motifs is 1. The van der Waals surface area contributed by atoms with E-state index in [0.717, 1.165) is 12.0 Å². The van der Waals surface area contributed by atoms with Crippen LogP contribution in [0.25, 0.3) is 11.3 Å². The molecule has 0 atom stereocenters. The van der Waals surface area contributed by atoms with Gasteiger partial charge in [0.2, 0.25) is 11.8 Å². The van der Waals surface area contributed by atoms with E-state index < -0.39 is 12.3 Å². The van der Waals surface area contributed by atoms with Gasteiger partial charge in [0.15, 0.2) is 0 Å². The zero-order chi connectivity index (χ0) is 22.7. The van der Waals surface area contributed by atoms with E-state index in [2.05, 4.69) is 24.8 Å². The van der Waals surface area contributed by atoms with E-state index in [4.69, 9.17) is 4.74 Å². The molecule has 10 heteroatoms. The summed E-state index contributed by atoms with van der Waals surface area (Å²) in [7, 11) is 1.30. The number of ether oxygens (including phenoxy) is 3. The lowest BCUT2D eigenvalue weighted by molar-refractivity contribution is -0.274. The van der Waals surface area contributed by atoms with Gasteiger partial charge >= 0.3 is 12.3 Å². The molecule has 0 saturated heterocycles. The topological polar surface area (TPSA) is 82.6 Å². The highest BCUT2D eigenvalue weighted by atomic mass is 19.4.